The highest BCUT2D eigenvalue weighted by molar-refractivity contribution is 6.31. The molecule has 0 heterocycles. The van der Waals surface area contributed by atoms with Crippen molar-refractivity contribution in [2.45, 2.75) is 73.1 Å². The van der Waals surface area contributed by atoms with Gasteiger partial charge in [-0.3, -0.25) is 25.6 Å². The molecule has 0 aliphatic heterocycles. The van der Waals surface area contributed by atoms with Gasteiger partial charge in [0.2, 0.25) is 0 Å². The van der Waals surface area contributed by atoms with Gasteiger partial charge in [0, 0.05) is 40.1 Å². The molecular formula is C36H44ClN5O9. The van der Waals surface area contributed by atoms with E-state index in [1.165, 1.54) is 18.2 Å². The summed E-state index contributed by atoms with van der Waals surface area (Å²) in [5.74, 6) is -1.10. The molecule has 0 fully saturated rings. The van der Waals surface area contributed by atoms with Gasteiger partial charge in [0.1, 0.15) is 17.0 Å². The highest BCUT2D eigenvalue weighted by atomic mass is 35.5. The number of nitro groups is 1. The van der Waals surface area contributed by atoms with Crippen LogP contribution in [0.2, 0.25) is 5.02 Å². The van der Waals surface area contributed by atoms with Crippen molar-refractivity contribution in [2.24, 2.45) is 5.92 Å². The number of non-ortho nitro benzene ring substituents is 1. The number of benzene rings is 3. The van der Waals surface area contributed by atoms with E-state index in [1.54, 1.807) is 77.9 Å². The fraction of sp³-hybridized carbons (Fsp3) is 0.389. The van der Waals surface area contributed by atoms with E-state index in [9.17, 15) is 24.5 Å². The molecule has 3 aromatic rings. The van der Waals surface area contributed by atoms with Crippen molar-refractivity contribution in [3.63, 3.8) is 0 Å². The lowest BCUT2D eigenvalue weighted by atomic mass is 10.1. The van der Waals surface area contributed by atoms with E-state index in [0.29, 0.717) is 16.9 Å². The number of carbonyl (C=O) groups is 3. The molecule has 2 amide bonds. The second-order valence-corrected chi connectivity index (χ2v) is 14.3. The van der Waals surface area contributed by atoms with Crippen molar-refractivity contribution >= 4 is 52.5 Å². The second kappa shape index (κ2) is 17.0. The summed E-state index contributed by atoms with van der Waals surface area (Å²) in [4.78, 5) is 49.4. The first-order valence-electron chi connectivity index (χ1n) is 16.0. The Balaban J connectivity index is 1.86. The number of nitrogens with one attached hydrogen (secondary N) is 4. The van der Waals surface area contributed by atoms with Crippen LogP contribution in [-0.4, -0.2) is 53.1 Å². The Morgan fingerprint density at radius 1 is 0.922 bits per heavy atom. The third-order valence-electron chi connectivity index (χ3n) is 6.41. The number of ether oxygens (including phenoxy) is 4. The summed E-state index contributed by atoms with van der Waals surface area (Å²) in [6.07, 6.45) is -0.767. The van der Waals surface area contributed by atoms with E-state index in [2.05, 4.69) is 16.0 Å². The molecule has 0 saturated carbocycles. The number of esters is 1. The first-order valence-corrected chi connectivity index (χ1v) is 16.4. The number of hydrogen-bond donors (Lipinski definition) is 4. The Morgan fingerprint density at radius 3 is 2.16 bits per heavy atom. The number of nitro benzene ring substituents is 1. The molecule has 4 N–H and O–H groups in total. The Morgan fingerprint density at radius 2 is 1.57 bits per heavy atom. The zero-order chi connectivity index (χ0) is 38.1. The number of amides is 2. The SMILES string of the molecule is CC(C)COc1cc([N+](=O)[O-])cc(CNc2ccc(Cl)cc2C(=O)Nc2ccc(C(=N)NC(=O)OC(C)(C)C)cc2)c1OCC(=O)OC(C)(C)C. The molecule has 0 aliphatic rings. The van der Waals surface area contributed by atoms with E-state index in [1.807, 2.05) is 13.8 Å². The van der Waals surface area contributed by atoms with Gasteiger partial charge in [-0.1, -0.05) is 25.4 Å². The third kappa shape index (κ3) is 13.1. The molecule has 0 atom stereocenters. The largest absolute Gasteiger partial charge is 0.489 e. The fourth-order valence-electron chi connectivity index (χ4n) is 4.36. The van der Waals surface area contributed by atoms with Crippen LogP contribution in [0.15, 0.2) is 54.6 Å². The molecule has 51 heavy (non-hydrogen) atoms. The minimum atomic E-state index is -0.767. The average molecular weight is 726 g/mol. The highest BCUT2D eigenvalue weighted by Gasteiger charge is 2.24. The lowest BCUT2D eigenvalue weighted by Gasteiger charge is -2.21. The number of halogens is 1. The topological polar surface area (TPSA) is 191 Å². The number of rotatable bonds is 13. The van der Waals surface area contributed by atoms with Crippen LogP contribution in [-0.2, 0) is 20.8 Å². The van der Waals surface area contributed by atoms with Crippen LogP contribution in [0.5, 0.6) is 11.5 Å². The highest BCUT2D eigenvalue weighted by Crippen LogP contribution is 2.37. The molecule has 14 nitrogen and oxygen atoms in total. The van der Waals surface area contributed by atoms with E-state index in [-0.39, 0.29) is 58.2 Å². The number of amidine groups is 1. The predicted octanol–water partition coefficient (Wildman–Crippen LogP) is 7.72. The normalized spacial score (nSPS) is 11.3. The molecular weight excluding hydrogens is 682 g/mol. The maximum absolute atomic E-state index is 13.5. The lowest BCUT2D eigenvalue weighted by molar-refractivity contribution is -0.385. The fourth-order valence-corrected chi connectivity index (χ4v) is 4.53. The molecule has 0 spiro atoms. The molecule has 0 saturated heterocycles. The number of carbonyl (C=O) groups excluding carboxylic acids is 3. The van der Waals surface area contributed by atoms with Gasteiger partial charge < -0.3 is 29.6 Å². The first-order chi connectivity index (χ1) is 23.7. The molecule has 274 valence electrons. The zero-order valence-electron chi connectivity index (χ0n) is 29.9. The predicted molar refractivity (Wildman–Crippen MR) is 194 cm³/mol. The maximum atomic E-state index is 13.5. The maximum Gasteiger partial charge on any atom is 0.413 e. The van der Waals surface area contributed by atoms with Gasteiger partial charge in [-0.25, -0.2) is 9.59 Å². The zero-order valence-corrected chi connectivity index (χ0v) is 30.7. The van der Waals surface area contributed by atoms with Gasteiger partial charge in [-0.15, -0.1) is 0 Å². The van der Waals surface area contributed by atoms with Gasteiger partial charge in [0.25, 0.3) is 11.6 Å². The number of alkyl carbamates (subject to hydrolysis) is 1. The molecule has 3 aromatic carbocycles. The van der Waals surface area contributed by atoms with Gasteiger partial charge in [-0.05, 0) is 89.9 Å². The van der Waals surface area contributed by atoms with E-state index < -0.39 is 40.7 Å². The number of nitrogens with zero attached hydrogens (tertiary/aromatic N) is 1. The summed E-state index contributed by atoms with van der Waals surface area (Å²) in [6, 6.07) is 13.4. The van der Waals surface area contributed by atoms with Crippen molar-refractivity contribution in [1.82, 2.24) is 5.32 Å². The van der Waals surface area contributed by atoms with E-state index in [4.69, 9.17) is 36.0 Å². The summed E-state index contributed by atoms with van der Waals surface area (Å²) in [7, 11) is 0. The van der Waals surface area contributed by atoms with Crippen LogP contribution in [0, 0.1) is 21.4 Å². The minimum Gasteiger partial charge on any atom is -0.489 e. The van der Waals surface area contributed by atoms with Crippen molar-refractivity contribution in [3.05, 3.63) is 86.4 Å². The monoisotopic (exact) mass is 725 g/mol. The molecule has 0 aromatic heterocycles. The minimum absolute atomic E-state index is 0.0742. The summed E-state index contributed by atoms with van der Waals surface area (Å²) < 4.78 is 22.3. The smallest absolute Gasteiger partial charge is 0.413 e. The first kappa shape index (κ1) is 40.1. The van der Waals surface area contributed by atoms with E-state index >= 15 is 0 Å². The number of hydrogen-bond acceptors (Lipinski definition) is 11. The van der Waals surface area contributed by atoms with Crippen molar-refractivity contribution in [3.8, 4) is 11.5 Å². The molecule has 0 aliphatic carbocycles. The van der Waals surface area contributed by atoms with Crippen molar-refractivity contribution in [2.75, 3.05) is 23.8 Å². The van der Waals surface area contributed by atoms with Crippen LogP contribution in [0.25, 0.3) is 0 Å². The lowest BCUT2D eigenvalue weighted by Crippen LogP contribution is -2.36. The van der Waals surface area contributed by atoms with Gasteiger partial charge in [0.15, 0.2) is 18.1 Å². The summed E-state index contributed by atoms with van der Waals surface area (Å²) in [5.41, 5.74) is -0.199. The molecule has 15 heteroatoms. The van der Waals surface area contributed by atoms with Crippen molar-refractivity contribution in [1.29, 1.82) is 5.41 Å². The van der Waals surface area contributed by atoms with Gasteiger partial charge >= 0.3 is 12.1 Å². The summed E-state index contributed by atoms with van der Waals surface area (Å²) in [5, 5.41) is 28.6. The molecule has 0 radical (unpaired) electrons. The van der Waals surface area contributed by atoms with Crippen LogP contribution >= 0.6 is 11.6 Å². The molecule has 0 unspecified atom stereocenters. The Labute approximate surface area is 301 Å². The summed E-state index contributed by atoms with van der Waals surface area (Å²) >= 11 is 6.27. The molecule has 3 rings (SSSR count). The molecule has 0 bridgehead atoms. The Kier molecular flexibility index (Phi) is 13.4. The van der Waals surface area contributed by atoms with Crippen LogP contribution in [0.4, 0.5) is 21.9 Å². The van der Waals surface area contributed by atoms with Crippen LogP contribution < -0.4 is 25.4 Å². The summed E-state index contributed by atoms with van der Waals surface area (Å²) in [6.45, 7) is 13.8. The Bertz CT molecular complexity index is 1760. The van der Waals surface area contributed by atoms with Crippen molar-refractivity contribution < 1.29 is 38.3 Å². The van der Waals surface area contributed by atoms with Gasteiger partial charge in [0.05, 0.1) is 23.2 Å². The third-order valence-corrected chi connectivity index (χ3v) is 6.64. The van der Waals surface area contributed by atoms with Gasteiger partial charge in [-0.2, -0.15) is 0 Å². The average Bonchev–Trinajstić information content (AvgIpc) is 3.00. The van der Waals surface area contributed by atoms with E-state index in [0.717, 1.165) is 0 Å². The Hall–Kier alpha value is -5.37. The quantitative estimate of drug-likeness (QED) is 0.0446. The van der Waals surface area contributed by atoms with Crippen LogP contribution in [0.3, 0.4) is 0 Å². The number of anilines is 2. The second-order valence-electron chi connectivity index (χ2n) is 13.8. The standard InChI is InChI=1S/C36H44ClN5O9/c1-21(2)19-48-29-17-26(42(46)47)15-23(31(29)49-20-30(43)50-35(3,4)5)18-39-28-14-11-24(37)16-27(28)33(44)40-25-12-9-22(10-13-25)32(38)41-34(45)51-36(6,7)8/h9-17,21,39H,18-20H2,1-8H3,(H,40,44)(H2,38,41,45). The van der Waals surface area contributed by atoms with Crippen LogP contribution in [0.1, 0.15) is 76.9 Å².